The van der Waals surface area contributed by atoms with Crippen molar-refractivity contribution in [1.29, 1.82) is 0 Å². The van der Waals surface area contributed by atoms with Crippen LogP contribution in [0.5, 0.6) is 0 Å². The Morgan fingerprint density at radius 2 is 0.672 bits per heavy atom. The summed E-state index contributed by atoms with van der Waals surface area (Å²) in [5.74, 6) is 0. The number of sulfonamides is 2. The van der Waals surface area contributed by atoms with E-state index in [1.165, 1.54) is 88.7 Å². The number of nitrogens with one attached hydrogen (secondary N) is 2. The molecule has 131 heavy (non-hydrogen) atoms. The van der Waals surface area contributed by atoms with E-state index in [1.54, 1.807) is 30.3 Å². The third kappa shape index (κ3) is 37.6. The molecule has 0 fully saturated rings. The molecule has 0 saturated heterocycles. The van der Waals surface area contributed by atoms with E-state index in [1.807, 2.05) is 48.5 Å². The van der Waals surface area contributed by atoms with E-state index < -0.39 is 83.0 Å². The molecule has 7 aromatic carbocycles. The molecule has 21 nitrogen and oxygen atoms in total. The molecule has 0 amide bonds. The van der Waals surface area contributed by atoms with Crippen LogP contribution >= 0.6 is 42.9 Å². The van der Waals surface area contributed by atoms with Crippen molar-refractivity contribution in [3.63, 3.8) is 0 Å². The molecule has 723 valence electrons. The maximum Gasteiger partial charge on any atom is 1.00 e. The van der Waals surface area contributed by atoms with E-state index in [4.69, 9.17) is 26.5 Å². The molecule has 14 rings (SSSR count). The molecule has 0 saturated carbocycles. The predicted octanol–water partition coefficient (Wildman–Crippen LogP) is 13.7. The second-order valence-electron chi connectivity index (χ2n) is 41.3. The molecule has 7 aromatic rings. The van der Waals surface area contributed by atoms with Gasteiger partial charge in [-0.15, -0.1) is 0 Å². The molecule has 7 heterocycles. The molecule has 7 aliphatic heterocycles. The minimum Gasteiger partial charge on any atom is -1.00 e. The van der Waals surface area contributed by atoms with Gasteiger partial charge in [-0.25, -0.2) is 45.1 Å². The zero-order valence-corrected chi connectivity index (χ0v) is 96.8. The first-order valence-corrected chi connectivity index (χ1v) is 65.4. The first-order chi connectivity index (χ1) is 57.8. The summed E-state index contributed by atoms with van der Waals surface area (Å²) in [6.45, 7) is 56.8. The fourth-order valence-corrected chi connectivity index (χ4v) is 30.2. The minimum absolute atomic E-state index is 0. The van der Waals surface area contributed by atoms with Crippen LogP contribution < -0.4 is 73.5 Å². The summed E-state index contributed by atoms with van der Waals surface area (Å²) < 4.78 is 110. The maximum absolute atomic E-state index is 13.0. The van der Waals surface area contributed by atoms with Gasteiger partial charge in [0, 0.05) is 107 Å². The van der Waals surface area contributed by atoms with Crippen molar-refractivity contribution in [1.82, 2.24) is 39.1 Å². The van der Waals surface area contributed by atoms with Crippen LogP contribution in [0, 0.1) is 0 Å². The quantitative estimate of drug-likeness (QED) is 0.0510. The van der Waals surface area contributed by atoms with Crippen molar-refractivity contribution in [2.45, 2.75) is 286 Å². The zero-order chi connectivity index (χ0) is 94.7. The number of nitrogens with zero attached hydrogens (tertiary/aromatic N) is 8. The third-order valence-corrected chi connectivity index (χ3v) is 56.9. The minimum atomic E-state index is -3.56. The first kappa shape index (κ1) is 125. The molecular formula is C95H158BBr2ClLiN13NaO8S5Si4. The van der Waals surface area contributed by atoms with E-state index >= 15 is 0 Å². The Balaban J connectivity index is 0.000000762. The fourth-order valence-electron chi connectivity index (χ4n) is 13.9. The van der Waals surface area contributed by atoms with Crippen LogP contribution in [0.25, 0.3) is 0 Å². The monoisotopic (exact) mass is 2110 g/mol. The summed E-state index contributed by atoms with van der Waals surface area (Å²) >= 11 is 11.0. The van der Waals surface area contributed by atoms with E-state index in [0.717, 1.165) is 135 Å². The Kier molecular flexibility index (Phi) is 49.1. The maximum atomic E-state index is 13.0. The zero-order valence-electron chi connectivity index (χ0n) is 83.8. The van der Waals surface area contributed by atoms with Crippen molar-refractivity contribution in [3.8, 4) is 0 Å². The van der Waals surface area contributed by atoms with Crippen molar-refractivity contribution < 1.29 is 83.9 Å². The smallest absolute Gasteiger partial charge is 1.00 e. The summed E-state index contributed by atoms with van der Waals surface area (Å²) in [4.78, 5) is 16.0. The number of hydrogen-bond donors (Lipinski definition) is 5. The summed E-state index contributed by atoms with van der Waals surface area (Å²) in [6.07, 6.45) is 7.05. The standard InChI is InChI=1S/2C16H29N3OSSi.C16H28N2O2SSi.C10H12BrN.C10H14N2O2S.C10H13NO2S.C9H10BrN.C6H15ClSi.2CH4.B.Li.Na.H/c2*1-16(2,3)22(5,6)18-21(17,20)15-8-7-14-12-19(4)10-9-13(14)11-15;1-16(2,3)22(5,6)17-21(19,20)15-8-7-14-12-18(4)10-9-13(14)11-15;1-12-5-4-8-6-10(11)3-2-9(8)7-12;1-12-5-4-8-6-10(15(11,13)14)3-2-9(8)7-12;1-11-5-4-8-6-10(14(12)13)3-2-9(8)7-11;10-9-2-1-8-6-11-4-3-7(8)5-9;1-6(2,3)8(4,5)7;;;;;;/h2*7-8,11H,9-10,12H2,1-6H3,(H2,17,18,20);7-8,11,17H,9-10,12H2,1-6H3;2-3,6H,4-5,7H2,1H3;2-3,6H,4-5,7H2,1H3,(H2,11,13,14);2-3,6H,4-5,7H2,1H3,(H,12,13);1-2,5,11H,3-4,6H2;1-5H3;2*1H4;;;;/q;;;;;;;;;;;2*+1;-1/p-1. The number of primary sulfonamides is 1. The molecule has 0 spiro atoms. The van der Waals surface area contributed by atoms with Crippen molar-refractivity contribution in [2.75, 3.05) is 88.1 Å². The van der Waals surface area contributed by atoms with Crippen molar-refractivity contribution in [3.05, 3.63) is 214 Å². The van der Waals surface area contributed by atoms with Gasteiger partial charge in [0.15, 0.2) is 23.9 Å². The number of halogens is 3. The van der Waals surface area contributed by atoms with E-state index in [0.29, 0.717) is 24.6 Å². The predicted molar refractivity (Wildman–Crippen MR) is 566 cm³/mol. The second-order valence-corrected chi connectivity index (χ2v) is 73.8. The van der Waals surface area contributed by atoms with Gasteiger partial charge >= 0.3 is 48.4 Å². The SMILES string of the molecule is Brc1ccc2c(c1)CCNC2.C.C.CC(C)(C)[Si](C)(C)Cl.CN1CCc2cc(Br)ccc2C1.CN1CCc2cc(S(=O)(=O)N[Si](C)(C)C(C)(C)C)ccc2C1.CN1CCc2cc(S(=O)[O-])ccc2C1.CN1CCc2cc(S(N)(=O)=N[Si](C)(C)C(C)(C)C)ccc2C1.CN1CCc2cc(S(N)(=O)=N[Si](C)(C)C(C)(C)C)ccc2C1.CN1CCc2cc(S(N)(=O)=O)ccc2C1.[B].[H-].[Li+].[Na+]. The van der Waals surface area contributed by atoms with Gasteiger partial charge in [-0.1, -0.05) is 198 Å². The molecule has 7 aliphatic rings. The number of hydrogen-bond acceptors (Lipinski definition) is 17. The topological polar surface area (TPSA) is 289 Å². The van der Waals surface area contributed by atoms with Gasteiger partial charge in [0.25, 0.3) is 0 Å². The number of nitrogens with two attached hydrogens (primary N) is 3. The molecule has 3 radical (unpaired) electrons. The summed E-state index contributed by atoms with van der Waals surface area (Å²) in [5.41, 5.74) is 18.1. The largest absolute Gasteiger partial charge is 1.00 e. The van der Waals surface area contributed by atoms with Crippen LogP contribution in [0.15, 0.2) is 169 Å². The van der Waals surface area contributed by atoms with Crippen LogP contribution in [-0.2, 0) is 142 Å². The van der Waals surface area contributed by atoms with Crippen LogP contribution in [0.3, 0.4) is 0 Å². The van der Waals surface area contributed by atoms with E-state index in [2.05, 4.69) is 305 Å². The Hall–Kier alpha value is -2.21. The summed E-state index contributed by atoms with van der Waals surface area (Å²) in [5, 5.41) is 21.1. The number of benzene rings is 7. The normalized spacial score (nSPS) is 17.3. The molecule has 3 atom stereocenters. The van der Waals surface area contributed by atoms with Crippen molar-refractivity contribution in [2.24, 2.45) is 23.5 Å². The molecular weight excluding hydrogens is 1960 g/mol. The van der Waals surface area contributed by atoms with Crippen LogP contribution in [0.1, 0.15) is 177 Å². The first-order valence-electron chi connectivity index (χ1n) is 43.7. The summed E-state index contributed by atoms with van der Waals surface area (Å²) in [7, 11) is -7.65. The Labute approximate surface area is 860 Å². The number of likely N-dealkylation sites (N-methyl/N-ethyl adjacent to an activating group) is 6. The molecule has 0 bridgehead atoms. The molecule has 8 N–H and O–H groups in total. The average molecular weight is 2120 g/mol. The van der Waals surface area contributed by atoms with Gasteiger partial charge < -0.3 is 40.7 Å². The van der Waals surface area contributed by atoms with Gasteiger partial charge in [-0.2, -0.15) is 11.1 Å². The van der Waals surface area contributed by atoms with Crippen LogP contribution in [0.2, 0.25) is 72.5 Å². The van der Waals surface area contributed by atoms with Gasteiger partial charge in [0.05, 0.1) is 19.6 Å². The Morgan fingerprint density at radius 1 is 0.412 bits per heavy atom. The van der Waals surface area contributed by atoms with Crippen molar-refractivity contribution >= 4 is 134 Å². The van der Waals surface area contributed by atoms with Crippen LogP contribution in [0.4, 0.5) is 0 Å². The Bertz CT molecular complexity index is 5370. The van der Waals surface area contributed by atoms with Crippen LogP contribution in [-0.4, -0.2) is 192 Å². The molecule has 0 aromatic heterocycles. The summed E-state index contributed by atoms with van der Waals surface area (Å²) in [6, 6.07) is 41.1. The third-order valence-electron chi connectivity index (χ3n) is 26.3. The number of fused-ring (bicyclic) bond motifs is 7. The van der Waals surface area contributed by atoms with E-state index in [-0.39, 0.29) is 93.1 Å². The second kappa shape index (κ2) is 51.5. The van der Waals surface area contributed by atoms with Gasteiger partial charge in [-0.05, 0) is 314 Å². The molecule has 0 aliphatic carbocycles. The van der Waals surface area contributed by atoms with Gasteiger partial charge in [0.2, 0.25) is 20.0 Å². The average Bonchev–Trinajstić information content (AvgIpc) is 0.776. The Morgan fingerprint density at radius 3 is 0.969 bits per heavy atom. The van der Waals surface area contributed by atoms with Gasteiger partial charge in [-0.3, -0.25) is 12.3 Å². The molecule has 36 heteroatoms. The number of rotatable bonds is 9. The van der Waals surface area contributed by atoms with E-state index in [9.17, 15) is 34.0 Å². The fraction of sp³-hybridized carbons (Fsp3) is 0.558. The van der Waals surface area contributed by atoms with Gasteiger partial charge in [0.1, 0.15) is 28.1 Å². The molecule has 3 unspecified atom stereocenters.